The molecule has 1 aromatic rings. The molecule has 3 heteroatoms. The molecule has 0 aliphatic carbocycles. The number of unbranched alkanes of at least 4 members (excludes halogenated alkanes) is 1. The van der Waals surface area contributed by atoms with E-state index in [1.165, 1.54) is 12.0 Å². The van der Waals surface area contributed by atoms with Gasteiger partial charge < -0.3 is 14.8 Å². The molecule has 1 aromatic carbocycles. The molecule has 1 atom stereocenters. The second-order valence-electron chi connectivity index (χ2n) is 5.27. The van der Waals surface area contributed by atoms with Gasteiger partial charge in [-0.3, -0.25) is 0 Å². The van der Waals surface area contributed by atoms with Crippen molar-refractivity contribution in [3.63, 3.8) is 0 Å². The Morgan fingerprint density at radius 1 is 1.10 bits per heavy atom. The summed E-state index contributed by atoms with van der Waals surface area (Å²) < 4.78 is 11.4. The summed E-state index contributed by atoms with van der Waals surface area (Å²) in [7, 11) is 0. The molecule has 0 saturated carbocycles. The highest BCUT2D eigenvalue weighted by molar-refractivity contribution is 5.29. The standard InChI is InChI=1S/C17H29NO2/c1-5-7-12-19-13-17(18-6-2)15-8-10-16(11-9-15)20-14(3)4/h8-11,14,17-18H,5-7,12-13H2,1-4H3. The maximum Gasteiger partial charge on any atom is 0.119 e. The Kier molecular flexibility index (Phi) is 8.31. The Hall–Kier alpha value is -1.06. The lowest BCUT2D eigenvalue weighted by Gasteiger charge is -2.19. The van der Waals surface area contributed by atoms with E-state index in [0.29, 0.717) is 0 Å². The van der Waals surface area contributed by atoms with Crippen LogP contribution in [-0.4, -0.2) is 25.9 Å². The van der Waals surface area contributed by atoms with E-state index in [0.717, 1.165) is 31.9 Å². The average molecular weight is 279 g/mol. The number of nitrogens with one attached hydrogen (secondary N) is 1. The molecule has 0 aliphatic heterocycles. The SMILES string of the molecule is CCCCOCC(NCC)c1ccc(OC(C)C)cc1. The van der Waals surface area contributed by atoms with Crippen LogP contribution in [0.4, 0.5) is 0 Å². The normalized spacial score (nSPS) is 12.7. The van der Waals surface area contributed by atoms with Crippen molar-refractivity contribution in [1.29, 1.82) is 0 Å². The van der Waals surface area contributed by atoms with Crippen LogP contribution in [0, 0.1) is 0 Å². The van der Waals surface area contributed by atoms with Gasteiger partial charge in [-0.1, -0.05) is 32.4 Å². The van der Waals surface area contributed by atoms with Crippen molar-refractivity contribution in [3.8, 4) is 5.75 Å². The highest BCUT2D eigenvalue weighted by Crippen LogP contribution is 2.19. The van der Waals surface area contributed by atoms with Crippen molar-refractivity contribution in [1.82, 2.24) is 5.32 Å². The maximum atomic E-state index is 5.74. The van der Waals surface area contributed by atoms with Gasteiger partial charge in [0.15, 0.2) is 0 Å². The maximum absolute atomic E-state index is 5.74. The summed E-state index contributed by atoms with van der Waals surface area (Å²) in [6.07, 6.45) is 2.51. The predicted octanol–water partition coefficient (Wildman–Crippen LogP) is 3.94. The van der Waals surface area contributed by atoms with Crippen LogP contribution >= 0.6 is 0 Å². The first-order valence-electron chi connectivity index (χ1n) is 7.75. The summed E-state index contributed by atoms with van der Waals surface area (Å²) in [6, 6.07) is 8.56. The molecule has 0 bridgehead atoms. The van der Waals surface area contributed by atoms with E-state index in [1.54, 1.807) is 0 Å². The molecule has 0 amide bonds. The Labute approximate surface area is 123 Å². The Morgan fingerprint density at radius 3 is 2.35 bits per heavy atom. The first-order chi connectivity index (χ1) is 9.67. The zero-order chi connectivity index (χ0) is 14.8. The van der Waals surface area contributed by atoms with E-state index in [1.807, 2.05) is 26.0 Å². The molecular weight excluding hydrogens is 250 g/mol. The number of rotatable bonds is 10. The third-order valence-electron chi connectivity index (χ3n) is 3.03. The lowest BCUT2D eigenvalue weighted by Crippen LogP contribution is -2.25. The summed E-state index contributed by atoms with van der Waals surface area (Å²) in [4.78, 5) is 0. The molecule has 0 spiro atoms. The van der Waals surface area contributed by atoms with Crippen molar-refractivity contribution in [3.05, 3.63) is 29.8 Å². The van der Waals surface area contributed by atoms with Crippen LogP contribution in [0.15, 0.2) is 24.3 Å². The quantitative estimate of drug-likeness (QED) is 0.658. The molecule has 0 aromatic heterocycles. The highest BCUT2D eigenvalue weighted by Gasteiger charge is 2.10. The molecule has 1 rings (SSSR count). The molecule has 0 saturated heterocycles. The van der Waals surface area contributed by atoms with Gasteiger partial charge in [0.25, 0.3) is 0 Å². The second kappa shape index (κ2) is 9.78. The summed E-state index contributed by atoms with van der Waals surface area (Å²) in [5.41, 5.74) is 1.25. The molecule has 0 aliphatic rings. The Morgan fingerprint density at radius 2 is 1.80 bits per heavy atom. The topological polar surface area (TPSA) is 30.5 Å². The Bertz CT molecular complexity index is 349. The molecule has 0 fully saturated rings. The van der Waals surface area contributed by atoms with E-state index in [2.05, 4.69) is 31.3 Å². The first kappa shape index (κ1) is 17.0. The minimum absolute atomic E-state index is 0.211. The zero-order valence-corrected chi connectivity index (χ0v) is 13.3. The van der Waals surface area contributed by atoms with Crippen molar-refractivity contribution in [2.75, 3.05) is 19.8 Å². The number of ether oxygens (including phenoxy) is 2. The zero-order valence-electron chi connectivity index (χ0n) is 13.3. The smallest absolute Gasteiger partial charge is 0.119 e. The van der Waals surface area contributed by atoms with Crippen molar-refractivity contribution < 1.29 is 9.47 Å². The van der Waals surface area contributed by atoms with Crippen LogP contribution in [-0.2, 0) is 4.74 Å². The molecule has 114 valence electrons. The van der Waals surface area contributed by atoms with Gasteiger partial charge in [0.1, 0.15) is 5.75 Å². The third-order valence-corrected chi connectivity index (χ3v) is 3.03. The first-order valence-corrected chi connectivity index (χ1v) is 7.75. The number of hydrogen-bond donors (Lipinski definition) is 1. The summed E-state index contributed by atoms with van der Waals surface area (Å²) in [5, 5.41) is 3.47. The molecule has 1 unspecified atom stereocenters. The van der Waals surface area contributed by atoms with Gasteiger partial charge in [-0.25, -0.2) is 0 Å². The van der Waals surface area contributed by atoms with Crippen LogP contribution in [0.3, 0.4) is 0 Å². The minimum Gasteiger partial charge on any atom is -0.491 e. The third kappa shape index (κ3) is 6.40. The van der Waals surface area contributed by atoms with Crippen molar-refractivity contribution in [2.45, 2.75) is 52.7 Å². The van der Waals surface area contributed by atoms with Crippen molar-refractivity contribution in [2.24, 2.45) is 0 Å². The van der Waals surface area contributed by atoms with E-state index in [-0.39, 0.29) is 12.1 Å². The van der Waals surface area contributed by atoms with Gasteiger partial charge in [0.05, 0.1) is 18.8 Å². The fraction of sp³-hybridized carbons (Fsp3) is 0.647. The van der Waals surface area contributed by atoms with Gasteiger partial charge >= 0.3 is 0 Å². The summed E-state index contributed by atoms with van der Waals surface area (Å²) in [5.74, 6) is 0.922. The molecule has 0 heterocycles. The predicted molar refractivity (Wildman–Crippen MR) is 84.4 cm³/mol. The lowest BCUT2D eigenvalue weighted by atomic mass is 10.1. The van der Waals surface area contributed by atoms with Crippen LogP contribution < -0.4 is 10.1 Å². The van der Waals surface area contributed by atoms with Crippen LogP contribution in [0.5, 0.6) is 5.75 Å². The fourth-order valence-corrected chi connectivity index (χ4v) is 2.02. The van der Waals surface area contributed by atoms with Gasteiger partial charge in [0, 0.05) is 6.61 Å². The summed E-state index contributed by atoms with van der Waals surface area (Å²) >= 11 is 0. The fourth-order valence-electron chi connectivity index (χ4n) is 2.02. The second-order valence-corrected chi connectivity index (χ2v) is 5.27. The van der Waals surface area contributed by atoms with E-state index >= 15 is 0 Å². The van der Waals surface area contributed by atoms with Crippen LogP contribution in [0.25, 0.3) is 0 Å². The monoisotopic (exact) mass is 279 g/mol. The van der Waals surface area contributed by atoms with Crippen LogP contribution in [0.2, 0.25) is 0 Å². The molecule has 20 heavy (non-hydrogen) atoms. The number of hydrogen-bond acceptors (Lipinski definition) is 3. The largest absolute Gasteiger partial charge is 0.491 e. The Balaban J connectivity index is 2.56. The summed E-state index contributed by atoms with van der Waals surface area (Å²) in [6.45, 7) is 10.9. The van der Waals surface area contributed by atoms with Gasteiger partial charge in [-0.2, -0.15) is 0 Å². The van der Waals surface area contributed by atoms with Crippen LogP contribution in [0.1, 0.15) is 52.1 Å². The van der Waals surface area contributed by atoms with E-state index in [4.69, 9.17) is 9.47 Å². The average Bonchev–Trinajstić information content (AvgIpc) is 2.43. The van der Waals surface area contributed by atoms with Gasteiger partial charge in [-0.15, -0.1) is 0 Å². The van der Waals surface area contributed by atoms with Gasteiger partial charge in [-0.05, 0) is 44.5 Å². The minimum atomic E-state index is 0.211. The lowest BCUT2D eigenvalue weighted by molar-refractivity contribution is 0.109. The van der Waals surface area contributed by atoms with Gasteiger partial charge in [0.2, 0.25) is 0 Å². The number of likely N-dealkylation sites (N-methyl/N-ethyl adjacent to an activating group) is 1. The van der Waals surface area contributed by atoms with E-state index in [9.17, 15) is 0 Å². The molecule has 1 N–H and O–H groups in total. The van der Waals surface area contributed by atoms with E-state index < -0.39 is 0 Å². The molecule has 3 nitrogen and oxygen atoms in total. The molecule has 0 radical (unpaired) electrons. The number of benzene rings is 1. The van der Waals surface area contributed by atoms with Crippen molar-refractivity contribution >= 4 is 0 Å². The molecular formula is C17H29NO2. The highest BCUT2D eigenvalue weighted by atomic mass is 16.5.